The lowest BCUT2D eigenvalue weighted by atomic mass is 10.1. The van der Waals surface area contributed by atoms with E-state index >= 15 is 0 Å². The van der Waals surface area contributed by atoms with E-state index in [1.807, 2.05) is 12.1 Å². The van der Waals surface area contributed by atoms with Crippen LogP contribution in [0.25, 0.3) is 0 Å². The van der Waals surface area contributed by atoms with Crippen molar-refractivity contribution in [2.24, 2.45) is 0 Å². The highest BCUT2D eigenvalue weighted by Crippen LogP contribution is 2.29. The second-order valence-corrected chi connectivity index (χ2v) is 6.17. The molecule has 0 heterocycles. The van der Waals surface area contributed by atoms with Crippen LogP contribution in [0.4, 0.5) is 5.69 Å². The molecule has 0 saturated carbocycles. The number of aryl methyl sites for hydroxylation is 1. The Labute approximate surface area is 125 Å². The van der Waals surface area contributed by atoms with Gasteiger partial charge in [-0.15, -0.1) is 0 Å². The Morgan fingerprint density at radius 3 is 2.50 bits per heavy atom. The number of halogens is 2. The van der Waals surface area contributed by atoms with Gasteiger partial charge in [-0.2, -0.15) is 0 Å². The summed E-state index contributed by atoms with van der Waals surface area (Å²) in [5.74, 6) is 0. The summed E-state index contributed by atoms with van der Waals surface area (Å²) in [7, 11) is 0. The molecule has 2 aromatic rings. The second-order valence-electron chi connectivity index (χ2n) is 4.40. The van der Waals surface area contributed by atoms with E-state index in [1.54, 1.807) is 0 Å². The molecular weight excluding hydrogens is 354 g/mol. The van der Waals surface area contributed by atoms with Gasteiger partial charge in [-0.3, -0.25) is 0 Å². The summed E-state index contributed by atoms with van der Waals surface area (Å²) in [6, 6.07) is 15.0. The van der Waals surface area contributed by atoms with Crippen molar-refractivity contribution in [2.75, 3.05) is 5.32 Å². The Morgan fingerprint density at radius 1 is 1.06 bits per heavy atom. The minimum Gasteiger partial charge on any atom is -0.378 e. The van der Waals surface area contributed by atoms with Crippen molar-refractivity contribution >= 4 is 37.5 Å². The fraction of sp³-hybridized carbons (Fsp3) is 0.200. The maximum Gasteiger partial charge on any atom is 0.0490 e. The van der Waals surface area contributed by atoms with Crippen LogP contribution in [0.1, 0.15) is 24.1 Å². The molecule has 2 aromatic carbocycles. The summed E-state index contributed by atoms with van der Waals surface area (Å²) < 4.78 is 2.14. The first-order chi connectivity index (χ1) is 8.56. The van der Waals surface area contributed by atoms with E-state index in [2.05, 4.69) is 81.4 Å². The zero-order valence-electron chi connectivity index (χ0n) is 10.4. The Balaban J connectivity index is 2.18. The standard InChI is InChI=1S/C15H15Br2N/c1-10-4-3-5-12(8-10)11(2)18-15-7-6-13(16)9-14(15)17/h3-9,11,18H,1-2H3. The van der Waals surface area contributed by atoms with Crippen LogP contribution in [0.2, 0.25) is 0 Å². The Kier molecular flexibility index (Phi) is 4.46. The molecule has 0 aliphatic carbocycles. The van der Waals surface area contributed by atoms with Crippen molar-refractivity contribution in [3.8, 4) is 0 Å². The first kappa shape index (κ1) is 13.6. The van der Waals surface area contributed by atoms with E-state index in [-0.39, 0.29) is 6.04 Å². The van der Waals surface area contributed by atoms with E-state index in [1.165, 1.54) is 11.1 Å². The van der Waals surface area contributed by atoms with Gasteiger partial charge in [0.25, 0.3) is 0 Å². The van der Waals surface area contributed by atoms with E-state index in [9.17, 15) is 0 Å². The van der Waals surface area contributed by atoms with Crippen molar-refractivity contribution in [1.82, 2.24) is 0 Å². The van der Waals surface area contributed by atoms with Crippen LogP contribution in [0.15, 0.2) is 51.4 Å². The highest BCUT2D eigenvalue weighted by molar-refractivity contribution is 9.11. The van der Waals surface area contributed by atoms with Crippen LogP contribution < -0.4 is 5.32 Å². The van der Waals surface area contributed by atoms with Crippen molar-refractivity contribution < 1.29 is 0 Å². The number of nitrogens with one attached hydrogen (secondary N) is 1. The molecule has 94 valence electrons. The zero-order valence-corrected chi connectivity index (χ0v) is 13.5. The molecule has 0 aromatic heterocycles. The molecule has 0 saturated heterocycles. The first-order valence-electron chi connectivity index (χ1n) is 5.84. The monoisotopic (exact) mass is 367 g/mol. The van der Waals surface area contributed by atoms with Gasteiger partial charge in [0.2, 0.25) is 0 Å². The predicted molar refractivity (Wildman–Crippen MR) is 85.1 cm³/mol. The number of hydrogen-bond acceptors (Lipinski definition) is 1. The number of rotatable bonds is 3. The van der Waals surface area contributed by atoms with E-state index in [0.717, 1.165) is 14.6 Å². The Morgan fingerprint density at radius 2 is 1.83 bits per heavy atom. The molecule has 2 rings (SSSR count). The number of hydrogen-bond donors (Lipinski definition) is 1. The van der Waals surface area contributed by atoms with Crippen LogP contribution in [0, 0.1) is 6.92 Å². The molecule has 18 heavy (non-hydrogen) atoms. The second kappa shape index (κ2) is 5.89. The maximum atomic E-state index is 3.57. The van der Waals surface area contributed by atoms with Crippen LogP contribution in [0.3, 0.4) is 0 Å². The van der Waals surface area contributed by atoms with Gasteiger partial charge < -0.3 is 5.32 Å². The van der Waals surface area contributed by atoms with E-state index < -0.39 is 0 Å². The third-order valence-corrected chi connectivity index (χ3v) is 3.99. The summed E-state index contributed by atoms with van der Waals surface area (Å²) in [6.07, 6.45) is 0. The Bertz CT molecular complexity index is 552. The van der Waals surface area contributed by atoms with Gasteiger partial charge in [-0.1, -0.05) is 45.8 Å². The number of anilines is 1. The van der Waals surface area contributed by atoms with Crippen LogP contribution in [-0.4, -0.2) is 0 Å². The molecular formula is C15H15Br2N. The molecule has 1 atom stereocenters. The van der Waals surface area contributed by atoms with E-state index in [4.69, 9.17) is 0 Å². The molecule has 3 heteroatoms. The fourth-order valence-corrected chi connectivity index (χ4v) is 3.02. The minimum absolute atomic E-state index is 0.280. The SMILES string of the molecule is Cc1cccc(C(C)Nc2ccc(Br)cc2Br)c1. The Hall–Kier alpha value is -0.800. The lowest BCUT2D eigenvalue weighted by molar-refractivity contribution is 0.881. The molecule has 0 spiro atoms. The number of benzene rings is 2. The van der Waals surface area contributed by atoms with Gasteiger partial charge in [0.1, 0.15) is 0 Å². The molecule has 1 nitrogen and oxygen atoms in total. The summed E-state index contributed by atoms with van der Waals surface area (Å²) in [5, 5.41) is 3.51. The van der Waals surface area contributed by atoms with Crippen molar-refractivity contribution in [1.29, 1.82) is 0 Å². The smallest absolute Gasteiger partial charge is 0.0490 e. The fourth-order valence-electron chi connectivity index (χ4n) is 1.86. The van der Waals surface area contributed by atoms with Gasteiger partial charge in [0, 0.05) is 20.7 Å². The quantitative estimate of drug-likeness (QED) is 0.733. The van der Waals surface area contributed by atoms with Crippen molar-refractivity contribution in [2.45, 2.75) is 19.9 Å². The molecule has 0 bridgehead atoms. The summed E-state index contributed by atoms with van der Waals surface area (Å²) in [6.45, 7) is 4.29. The normalized spacial score (nSPS) is 12.2. The lowest BCUT2D eigenvalue weighted by Crippen LogP contribution is -2.07. The van der Waals surface area contributed by atoms with Gasteiger partial charge in [0.15, 0.2) is 0 Å². The minimum atomic E-state index is 0.280. The zero-order chi connectivity index (χ0) is 13.1. The third-order valence-electron chi connectivity index (χ3n) is 2.85. The summed E-state index contributed by atoms with van der Waals surface area (Å²) in [4.78, 5) is 0. The van der Waals surface area contributed by atoms with Gasteiger partial charge in [-0.05, 0) is 53.5 Å². The van der Waals surface area contributed by atoms with E-state index in [0.29, 0.717) is 0 Å². The molecule has 0 amide bonds. The molecule has 1 unspecified atom stereocenters. The van der Waals surface area contributed by atoms with Crippen LogP contribution in [0.5, 0.6) is 0 Å². The molecule has 0 aliphatic heterocycles. The average molecular weight is 369 g/mol. The third kappa shape index (κ3) is 3.36. The average Bonchev–Trinajstić information content (AvgIpc) is 2.32. The predicted octanol–water partition coefficient (Wildman–Crippen LogP) is 5.69. The highest BCUT2D eigenvalue weighted by Gasteiger charge is 2.07. The van der Waals surface area contributed by atoms with Gasteiger partial charge in [-0.25, -0.2) is 0 Å². The maximum absolute atomic E-state index is 3.57. The highest BCUT2D eigenvalue weighted by atomic mass is 79.9. The van der Waals surface area contributed by atoms with Gasteiger partial charge >= 0.3 is 0 Å². The van der Waals surface area contributed by atoms with Crippen LogP contribution in [-0.2, 0) is 0 Å². The largest absolute Gasteiger partial charge is 0.378 e. The molecule has 0 aliphatic rings. The molecule has 0 fully saturated rings. The van der Waals surface area contributed by atoms with Crippen molar-refractivity contribution in [3.05, 3.63) is 62.5 Å². The summed E-state index contributed by atoms with van der Waals surface area (Å²) >= 11 is 7.03. The van der Waals surface area contributed by atoms with Crippen molar-refractivity contribution in [3.63, 3.8) is 0 Å². The topological polar surface area (TPSA) is 12.0 Å². The lowest BCUT2D eigenvalue weighted by Gasteiger charge is -2.17. The van der Waals surface area contributed by atoms with Crippen LogP contribution >= 0.6 is 31.9 Å². The molecule has 0 radical (unpaired) electrons. The first-order valence-corrected chi connectivity index (χ1v) is 7.43. The summed E-state index contributed by atoms with van der Waals surface area (Å²) in [5.41, 5.74) is 3.69. The molecule has 1 N–H and O–H groups in total. The van der Waals surface area contributed by atoms with Gasteiger partial charge in [0.05, 0.1) is 0 Å².